The van der Waals surface area contributed by atoms with Crippen molar-refractivity contribution in [1.29, 1.82) is 0 Å². The molecule has 0 bridgehead atoms. The average Bonchev–Trinajstić information content (AvgIpc) is 3.31. The molecule has 2 saturated heterocycles. The fraction of sp³-hybridized carbons (Fsp3) is 0.346. The van der Waals surface area contributed by atoms with E-state index in [1.807, 2.05) is 43.3 Å². The van der Waals surface area contributed by atoms with Crippen molar-refractivity contribution in [2.75, 3.05) is 12.4 Å². The number of ether oxygens (including phenoxy) is 1. The number of hydrogen-bond acceptors (Lipinski definition) is 7. The molecule has 1 amide bonds. The van der Waals surface area contributed by atoms with E-state index in [1.165, 1.54) is 11.8 Å². The Kier molecular flexibility index (Phi) is 6.50. The molecule has 0 radical (unpaired) electrons. The number of thioether (sulfide) groups is 2. The summed E-state index contributed by atoms with van der Waals surface area (Å²) < 4.78 is 4.23. The zero-order chi connectivity index (χ0) is 24.9. The number of allylic oxidation sites excluding steroid dienone is 1. The topological polar surface area (TPSA) is 79.2 Å². The first kappa shape index (κ1) is 24.4. The zero-order valence-corrected chi connectivity index (χ0v) is 21.9. The highest BCUT2D eigenvalue weighted by molar-refractivity contribution is 8.17. The van der Waals surface area contributed by atoms with Crippen LogP contribution in [0.1, 0.15) is 41.8 Å². The lowest BCUT2D eigenvalue weighted by atomic mass is 9.88. The monoisotopic (exact) mass is 528 g/mol. The van der Waals surface area contributed by atoms with E-state index in [0.29, 0.717) is 27.2 Å². The van der Waals surface area contributed by atoms with Gasteiger partial charge in [0.05, 0.1) is 35.3 Å². The lowest BCUT2D eigenvalue weighted by molar-refractivity contribution is -0.140. The third kappa shape index (κ3) is 3.82. The van der Waals surface area contributed by atoms with E-state index in [4.69, 9.17) is 21.3 Å². The molecule has 3 aliphatic heterocycles. The molecule has 0 aromatic heterocycles. The molecule has 4 unspecified atom stereocenters. The number of esters is 1. The van der Waals surface area contributed by atoms with Gasteiger partial charge in [-0.25, -0.2) is 9.79 Å². The van der Waals surface area contributed by atoms with E-state index in [-0.39, 0.29) is 17.8 Å². The normalized spacial score (nSPS) is 27.9. The number of hydrogen-bond donors (Lipinski definition) is 1. The summed E-state index contributed by atoms with van der Waals surface area (Å²) in [5, 5.41) is 12.0. The van der Waals surface area contributed by atoms with Gasteiger partial charge in [-0.1, -0.05) is 59.8 Å². The number of carbonyl (C=O) groups is 2. The Hall–Kier alpha value is -2.26. The van der Waals surface area contributed by atoms with Crippen LogP contribution in [0.15, 0.2) is 64.8 Å². The van der Waals surface area contributed by atoms with Crippen LogP contribution in [0.3, 0.4) is 0 Å². The van der Waals surface area contributed by atoms with E-state index >= 15 is 0 Å². The Morgan fingerprint density at radius 1 is 1.23 bits per heavy atom. The SMILES string of the molecule is CCOC(=O)C1=C(C)N=C2SC3(C(=O)N2C1c1ccccc1C)C(O)CSC3c1ccc(Cl)cc1. The van der Waals surface area contributed by atoms with Gasteiger partial charge in [-0.3, -0.25) is 9.69 Å². The molecule has 2 aromatic carbocycles. The minimum atomic E-state index is -1.16. The molecule has 0 aliphatic carbocycles. The van der Waals surface area contributed by atoms with Crippen LogP contribution in [-0.2, 0) is 14.3 Å². The lowest BCUT2D eigenvalue weighted by Crippen LogP contribution is -2.50. The second-order valence-electron chi connectivity index (χ2n) is 8.72. The summed E-state index contributed by atoms with van der Waals surface area (Å²) >= 11 is 8.96. The molecule has 3 heterocycles. The van der Waals surface area contributed by atoms with Crippen molar-refractivity contribution in [3.63, 3.8) is 0 Å². The third-order valence-electron chi connectivity index (χ3n) is 6.66. The summed E-state index contributed by atoms with van der Waals surface area (Å²) in [6.45, 7) is 5.70. The molecule has 35 heavy (non-hydrogen) atoms. The summed E-state index contributed by atoms with van der Waals surface area (Å²) in [7, 11) is 0. The third-order valence-corrected chi connectivity index (χ3v) is 10.0. The van der Waals surface area contributed by atoms with Crippen LogP contribution in [0.25, 0.3) is 0 Å². The van der Waals surface area contributed by atoms with Gasteiger partial charge in [-0.2, -0.15) is 0 Å². The first-order valence-electron chi connectivity index (χ1n) is 11.4. The van der Waals surface area contributed by atoms with Crippen LogP contribution < -0.4 is 0 Å². The van der Waals surface area contributed by atoms with E-state index < -0.39 is 22.9 Å². The van der Waals surface area contributed by atoms with Crippen LogP contribution in [-0.4, -0.2) is 50.3 Å². The molecule has 1 N–H and O–H groups in total. The van der Waals surface area contributed by atoms with Gasteiger partial charge in [0.1, 0.15) is 4.75 Å². The number of benzene rings is 2. The first-order valence-corrected chi connectivity index (χ1v) is 13.6. The van der Waals surface area contributed by atoms with Crippen LogP contribution in [0.4, 0.5) is 0 Å². The van der Waals surface area contributed by atoms with Crippen LogP contribution >= 0.6 is 35.1 Å². The number of amidine groups is 1. The van der Waals surface area contributed by atoms with E-state index in [1.54, 1.807) is 42.6 Å². The van der Waals surface area contributed by atoms with Crippen molar-refractivity contribution in [2.45, 2.75) is 42.9 Å². The largest absolute Gasteiger partial charge is 0.463 e. The number of rotatable bonds is 4. The number of amides is 1. The van der Waals surface area contributed by atoms with Crippen molar-refractivity contribution in [1.82, 2.24) is 4.90 Å². The van der Waals surface area contributed by atoms with Crippen LogP contribution in [0, 0.1) is 6.92 Å². The number of aliphatic imine (C=N–C) groups is 1. The van der Waals surface area contributed by atoms with Crippen LogP contribution in [0.2, 0.25) is 5.02 Å². The van der Waals surface area contributed by atoms with E-state index in [9.17, 15) is 14.7 Å². The molecule has 3 aliphatic rings. The van der Waals surface area contributed by atoms with Crippen molar-refractivity contribution < 1.29 is 19.4 Å². The quantitative estimate of drug-likeness (QED) is 0.559. The molecule has 1 spiro atoms. The molecule has 5 rings (SSSR count). The van der Waals surface area contributed by atoms with Crippen molar-refractivity contribution in [3.8, 4) is 0 Å². The van der Waals surface area contributed by atoms with Gasteiger partial charge in [-0.05, 0) is 49.6 Å². The highest BCUT2D eigenvalue weighted by atomic mass is 35.5. The summed E-state index contributed by atoms with van der Waals surface area (Å²) in [4.78, 5) is 33.8. The van der Waals surface area contributed by atoms with E-state index in [0.717, 1.165) is 16.7 Å². The number of nitrogens with zero attached hydrogens (tertiary/aromatic N) is 2. The zero-order valence-electron chi connectivity index (χ0n) is 19.5. The molecule has 6 nitrogen and oxygen atoms in total. The molecule has 182 valence electrons. The summed E-state index contributed by atoms with van der Waals surface area (Å²) in [6.07, 6.45) is -0.886. The standard InChI is InChI=1S/C26H25ClN2O4S2/c1-4-33-23(31)20-15(3)28-25-29(21(20)18-8-6-5-7-14(18)2)24(32)26(35-25)19(30)13-34-22(26)16-9-11-17(27)12-10-16/h5-12,19,21-22,30H,4,13H2,1-3H3. The predicted octanol–water partition coefficient (Wildman–Crippen LogP) is 5.06. The number of carbonyl (C=O) groups excluding carboxylic acids is 2. The molecule has 9 heteroatoms. The van der Waals surface area contributed by atoms with Crippen molar-refractivity contribution in [3.05, 3.63) is 81.5 Å². The Balaban J connectivity index is 1.66. The first-order chi connectivity index (χ1) is 16.8. The maximum atomic E-state index is 14.4. The molecular formula is C26H25ClN2O4S2. The second-order valence-corrected chi connectivity index (χ2v) is 11.5. The molecule has 2 fully saturated rings. The summed E-state index contributed by atoms with van der Waals surface area (Å²) in [6, 6.07) is 14.4. The minimum absolute atomic E-state index is 0.216. The molecule has 4 atom stereocenters. The van der Waals surface area contributed by atoms with E-state index in [2.05, 4.69) is 0 Å². The molecule has 0 saturated carbocycles. The van der Waals surface area contributed by atoms with Crippen LogP contribution in [0.5, 0.6) is 0 Å². The van der Waals surface area contributed by atoms with Gasteiger partial charge >= 0.3 is 5.97 Å². The number of halogens is 1. The van der Waals surface area contributed by atoms with Gasteiger partial charge in [0.15, 0.2) is 5.17 Å². The Morgan fingerprint density at radius 2 is 1.94 bits per heavy atom. The number of aryl methyl sites for hydroxylation is 1. The number of fused-ring (bicyclic) bond motifs is 1. The summed E-state index contributed by atoms with van der Waals surface area (Å²) in [5.41, 5.74) is 3.56. The fourth-order valence-electron chi connectivity index (χ4n) is 4.98. The van der Waals surface area contributed by atoms with Crippen molar-refractivity contribution in [2.24, 2.45) is 4.99 Å². The predicted molar refractivity (Wildman–Crippen MR) is 141 cm³/mol. The number of aliphatic hydroxyl groups is 1. The number of aliphatic hydroxyl groups excluding tert-OH is 1. The highest BCUT2D eigenvalue weighted by Gasteiger charge is 2.66. The Morgan fingerprint density at radius 3 is 2.63 bits per heavy atom. The molecular weight excluding hydrogens is 504 g/mol. The maximum Gasteiger partial charge on any atom is 0.338 e. The van der Waals surface area contributed by atoms with Gasteiger partial charge in [-0.15, -0.1) is 11.8 Å². The van der Waals surface area contributed by atoms with Gasteiger partial charge in [0, 0.05) is 10.8 Å². The smallest absolute Gasteiger partial charge is 0.338 e. The Labute approximate surface area is 217 Å². The minimum Gasteiger partial charge on any atom is -0.463 e. The Bertz CT molecular complexity index is 1260. The molecule has 2 aromatic rings. The fourth-order valence-corrected chi connectivity index (χ4v) is 8.47. The van der Waals surface area contributed by atoms with Gasteiger partial charge in [0.2, 0.25) is 5.91 Å². The van der Waals surface area contributed by atoms with Gasteiger partial charge < -0.3 is 9.84 Å². The summed E-state index contributed by atoms with van der Waals surface area (Å²) in [5.74, 6) is -0.323. The van der Waals surface area contributed by atoms with Crippen molar-refractivity contribution >= 4 is 52.2 Å². The average molecular weight is 529 g/mol. The van der Waals surface area contributed by atoms with Gasteiger partial charge in [0.25, 0.3) is 0 Å². The second kappa shape index (κ2) is 9.32. The maximum absolute atomic E-state index is 14.4. The lowest BCUT2D eigenvalue weighted by Gasteiger charge is -2.35. The highest BCUT2D eigenvalue weighted by Crippen LogP contribution is 2.61.